The number of nitriles is 1. The lowest BCUT2D eigenvalue weighted by Crippen LogP contribution is -2.33. The maximum Gasteiger partial charge on any atom is 0.435 e. The molecule has 2 atom stereocenters. The lowest BCUT2D eigenvalue weighted by Gasteiger charge is -2.22. The number of carboxylic acids is 1. The van der Waals surface area contributed by atoms with Crippen LogP contribution in [-0.4, -0.2) is 92.8 Å². The van der Waals surface area contributed by atoms with E-state index in [0.29, 0.717) is 78.9 Å². The molecule has 3 aliphatic heterocycles. The summed E-state index contributed by atoms with van der Waals surface area (Å²) in [4.78, 5) is 43.1. The second kappa shape index (κ2) is 15.1. The number of ether oxygens (including phenoxy) is 1. The normalized spacial score (nSPS) is 18.6. The number of β-amino-alcohol motifs (C(OH)–C–C–N with tert-alkyl or cyclic N) is 1. The number of nitrogens with zero attached hydrogens (tertiary/aromatic N) is 7. The van der Waals surface area contributed by atoms with E-state index in [2.05, 4.69) is 16.0 Å². The average Bonchev–Trinajstić information content (AvgIpc) is 4.01. The van der Waals surface area contributed by atoms with Crippen LogP contribution in [0, 0.1) is 17.2 Å². The van der Waals surface area contributed by atoms with Crippen molar-refractivity contribution in [1.29, 1.82) is 5.26 Å². The summed E-state index contributed by atoms with van der Waals surface area (Å²) in [5.41, 5.74) is 2.10. The molecule has 8 rings (SSSR count). The number of amides is 1. The molecule has 294 valence electrons. The maximum absolute atomic E-state index is 14.5. The number of fused-ring (bicyclic) bond motifs is 2. The van der Waals surface area contributed by atoms with Crippen molar-refractivity contribution >= 4 is 40.3 Å². The van der Waals surface area contributed by atoms with E-state index in [1.165, 1.54) is 12.0 Å². The Labute approximate surface area is 328 Å². The number of carboxylic acid groups (broad SMARTS) is 1. The van der Waals surface area contributed by atoms with Crippen molar-refractivity contribution in [3.8, 4) is 34.5 Å². The molecule has 0 unspecified atom stereocenters. The minimum absolute atomic E-state index is 0.0418. The molecule has 0 bridgehead atoms. The number of likely N-dealkylation sites (tertiary alicyclic amines) is 2. The van der Waals surface area contributed by atoms with Gasteiger partial charge < -0.3 is 24.3 Å². The highest BCUT2D eigenvalue weighted by molar-refractivity contribution is 6.36. The predicted molar refractivity (Wildman–Crippen MR) is 200 cm³/mol. The Bertz CT molecular complexity index is 2470. The van der Waals surface area contributed by atoms with Gasteiger partial charge >= 0.3 is 12.1 Å². The average molecular weight is 802 g/mol. The number of carbonyl (C=O) groups is 2. The van der Waals surface area contributed by atoms with Crippen LogP contribution in [0.1, 0.15) is 51.4 Å². The summed E-state index contributed by atoms with van der Waals surface area (Å²) in [7, 11) is 1.25. The third kappa shape index (κ3) is 7.27. The zero-order valence-electron chi connectivity index (χ0n) is 30.5. The zero-order valence-corrected chi connectivity index (χ0v) is 31.3. The smallest absolute Gasteiger partial charge is 0.435 e. The minimum Gasteiger partial charge on any atom is -0.481 e. The second-order valence-electron chi connectivity index (χ2n) is 14.4. The first-order valence-electron chi connectivity index (χ1n) is 18.3. The third-order valence-electron chi connectivity index (χ3n) is 10.7. The number of alkyl halides is 3. The molecule has 0 spiro atoms. The molecule has 5 aromatic rings. The Hall–Kier alpha value is -5.60. The maximum atomic E-state index is 14.5. The molecule has 2 N–H and O–H groups in total. The van der Waals surface area contributed by atoms with Crippen molar-refractivity contribution in [3.05, 3.63) is 87.3 Å². The molecular formula is C40H35ClF3N7O6. The van der Waals surface area contributed by atoms with Gasteiger partial charge in [-0.3, -0.25) is 19.4 Å². The number of aromatic nitrogens is 3. The topological polar surface area (TPSA) is 169 Å². The molecule has 2 saturated heterocycles. The summed E-state index contributed by atoms with van der Waals surface area (Å²) >= 11 is 7.07. The Morgan fingerprint density at radius 2 is 1.74 bits per heavy atom. The van der Waals surface area contributed by atoms with E-state index >= 15 is 0 Å². The number of aliphatic hydroxyl groups excluding tert-OH is 1. The van der Waals surface area contributed by atoms with Crippen molar-refractivity contribution in [2.24, 2.45) is 5.92 Å². The van der Waals surface area contributed by atoms with E-state index in [1.54, 1.807) is 47.4 Å². The number of aliphatic hydroxyl groups is 1. The summed E-state index contributed by atoms with van der Waals surface area (Å²) < 4.78 is 55.0. The quantitative estimate of drug-likeness (QED) is 0.174. The molecular weight excluding hydrogens is 767 g/mol. The first-order valence-corrected chi connectivity index (χ1v) is 18.6. The molecule has 3 aromatic carbocycles. The Kier molecular flexibility index (Phi) is 10.1. The zero-order chi connectivity index (χ0) is 40.2. The standard InChI is InChI=1S/C40H35ClF3N7O6/c1-56-37-30(20-50-12-9-24(52)19-50)46-35(40(42,43)44)33(48-37)38(53)51-13-10-26-25(4-3-7-31(26)51)27-5-2-6-28(32(27)41)36-47-29-15-21(14-23(16-45)34(29)57-36)17-49-11-8-22(18-49)39(54)55/h2-7,14-15,22,24,52H,8-13,17-20H2,1H3,(H,54,55)/t22-,24-/m1/s1. The first kappa shape index (κ1) is 38.3. The summed E-state index contributed by atoms with van der Waals surface area (Å²) in [5.74, 6) is -2.30. The van der Waals surface area contributed by atoms with Crippen LogP contribution < -0.4 is 9.64 Å². The SMILES string of the molecule is COc1nc(C(=O)N2CCc3c(-c4cccc(-c5nc6cc(CN7CC[C@@H](C(=O)O)C7)cc(C#N)c6o5)c4Cl)cccc32)c(C(F)(F)F)nc1CN1CC[C@@H](O)C1. The largest absolute Gasteiger partial charge is 0.481 e. The number of hydrogen-bond acceptors (Lipinski definition) is 11. The van der Waals surface area contributed by atoms with Crippen LogP contribution in [0.2, 0.25) is 5.02 Å². The molecule has 57 heavy (non-hydrogen) atoms. The molecule has 2 fully saturated rings. The fourth-order valence-corrected chi connectivity index (χ4v) is 8.29. The van der Waals surface area contributed by atoms with E-state index in [0.717, 1.165) is 5.56 Å². The highest BCUT2D eigenvalue weighted by atomic mass is 35.5. The van der Waals surface area contributed by atoms with E-state index in [9.17, 15) is 38.2 Å². The molecule has 0 radical (unpaired) electrons. The summed E-state index contributed by atoms with van der Waals surface area (Å²) in [6.45, 7) is 2.23. The number of benzene rings is 3. The van der Waals surface area contributed by atoms with Crippen molar-refractivity contribution in [2.45, 2.75) is 44.6 Å². The Morgan fingerprint density at radius 3 is 2.44 bits per heavy atom. The molecule has 3 aliphatic rings. The van der Waals surface area contributed by atoms with Gasteiger partial charge in [-0.25, -0.2) is 15.0 Å². The summed E-state index contributed by atoms with van der Waals surface area (Å²) in [5, 5.41) is 29.6. The van der Waals surface area contributed by atoms with Gasteiger partial charge in [-0.15, -0.1) is 0 Å². The van der Waals surface area contributed by atoms with Gasteiger partial charge in [0.15, 0.2) is 17.0 Å². The number of hydrogen-bond donors (Lipinski definition) is 2. The van der Waals surface area contributed by atoms with Crippen molar-refractivity contribution in [2.75, 3.05) is 44.7 Å². The van der Waals surface area contributed by atoms with Crippen LogP contribution in [0.4, 0.5) is 18.9 Å². The van der Waals surface area contributed by atoms with E-state index in [-0.39, 0.29) is 53.3 Å². The van der Waals surface area contributed by atoms with Crippen molar-refractivity contribution in [1.82, 2.24) is 24.8 Å². The lowest BCUT2D eigenvalue weighted by molar-refractivity contribution is -0.142. The van der Waals surface area contributed by atoms with Gasteiger partial charge in [-0.2, -0.15) is 18.4 Å². The van der Waals surface area contributed by atoms with Gasteiger partial charge in [0.1, 0.15) is 17.3 Å². The van der Waals surface area contributed by atoms with Crippen molar-refractivity contribution in [3.63, 3.8) is 0 Å². The number of methoxy groups -OCH3 is 1. The van der Waals surface area contributed by atoms with Crippen LogP contribution in [0.25, 0.3) is 33.7 Å². The van der Waals surface area contributed by atoms with Crippen LogP contribution in [-0.2, 0) is 30.5 Å². The van der Waals surface area contributed by atoms with Crippen molar-refractivity contribution < 1.29 is 42.1 Å². The van der Waals surface area contributed by atoms with Gasteiger partial charge in [0.05, 0.1) is 35.3 Å². The van der Waals surface area contributed by atoms with Crippen LogP contribution in [0.15, 0.2) is 52.9 Å². The van der Waals surface area contributed by atoms with E-state index < -0.39 is 41.5 Å². The molecule has 17 heteroatoms. The number of rotatable bonds is 9. The Balaban J connectivity index is 1.10. The highest BCUT2D eigenvalue weighted by Gasteiger charge is 2.42. The Morgan fingerprint density at radius 1 is 1.00 bits per heavy atom. The van der Waals surface area contributed by atoms with Gasteiger partial charge in [-0.1, -0.05) is 35.9 Å². The molecule has 0 aliphatic carbocycles. The first-order chi connectivity index (χ1) is 27.3. The lowest BCUT2D eigenvalue weighted by atomic mass is 9.96. The fourth-order valence-electron chi connectivity index (χ4n) is 7.98. The minimum atomic E-state index is -5.00. The number of anilines is 1. The van der Waals surface area contributed by atoms with Gasteiger partial charge in [0.25, 0.3) is 5.91 Å². The van der Waals surface area contributed by atoms with Gasteiger partial charge in [0.2, 0.25) is 11.8 Å². The fraction of sp³-hybridized carbons (Fsp3) is 0.350. The van der Waals surface area contributed by atoms with Crippen LogP contribution in [0.3, 0.4) is 0 Å². The van der Waals surface area contributed by atoms with Crippen LogP contribution >= 0.6 is 11.6 Å². The van der Waals surface area contributed by atoms with Gasteiger partial charge in [0, 0.05) is 50.5 Å². The molecule has 5 heterocycles. The highest BCUT2D eigenvalue weighted by Crippen LogP contribution is 2.43. The summed E-state index contributed by atoms with van der Waals surface area (Å²) in [6.07, 6.45) is -4.26. The molecule has 0 saturated carbocycles. The van der Waals surface area contributed by atoms with Gasteiger partial charge in [-0.05, 0) is 66.8 Å². The number of aliphatic carboxylic acids is 1. The monoisotopic (exact) mass is 801 g/mol. The predicted octanol–water partition coefficient (Wildman–Crippen LogP) is 6.18. The third-order valence-corrected chi connectivity index (χ3v) is 11.1. The molecule has 1 amide bonds. The summed E-state index contributed by atoms with van der Waals surface area (Å²) in [6, 6.07) is 16.1. The van der Waals surface area contributed by atoms with E-state index in [4.69, 9.17) is 25.7 Å². The molecule has 2 aromatic heterocycles. The molecule has 13 nitrogen and oxygen atoms in total. The second-order valence-corrected chi connectivity index (χ2v) is 14.8. The van der Waals surface area contributed by atoms with Crippen LogP contribution in [0.5, 0.6) is 5.88 Å². The number of carbonyl (C=O) groups excluding carboxylic acids is 1. The number of halogens is 4. The van der Waals surface area contributed by atoms with E-state index in [1.807, 2.05) is 11.0 Å². The number of oxazole rings is 1.